The topological polar surface area (TPSA) is 56.9 Å². The summed E-state index contributed by atoms with van der Waals surface area (Å²) in [5.41, 5.74) is 6.49. The molecular weight excluding hydrogens is 298 g/mol. The minimum Gasteiger partial charge on any atom is -0.370 e. The number of aliphatic imine (C=N–C) groups is 1. The lowest BCUT2D eigenvalue weighted by Crippen LogP contribution is -2.58. The fourth-order valence-electron chi connectivity index (χ4n) is 4.71. The van der Waals surface area contributed by atoms with Crippen LogP contribution in [0.1, 0.15) is 64.2 Å². The van der Waals surface area contributed by atoms with Gasteiger partial charge in [-0.1, -0.05) is 25.7 Å². The van der Waals surface area contributed by atoms with Gasteiger partial charge in [-0.05, 0) is 71.8 Å². The van der Waals surface area contributed by atoms with E-state index in [0.717, 1.165) is 6.54 Å². The molecule has 3 fully saturated rings. The largest absolute Gasteiger partial charge is 0.370 e. The van der Waals surface area contributed by atoms with Gasteiger partial charge in [-0.3, -0.25) is 9.89 Å². The van der Waals surface area contributed by atoms with E-state index in [1.54, 1.807) is 0 Å². The first-order chi connectivity index (χ1) is 11.7. The number of nitrogens with one attached hydrogen (secondary N) is 1. The van der Waals surface area contributed by atoms with E-state index >= 15 is 0 Å². The molecule has 0 unspecified atom stereocenters. The summed E-state index contributed by atoms with van der Waals surface area (Å²) in [6.07, 6.45) is 13.1. The van der Waals surface area contributed by atoms with Gasteiger partial charge >= 0.3 is 0 Å². The van der Waals surface area contributed by atoms with Gasteiger partial charge in [-0.15, -0.1) is 0 Å². The summed E-state index contributed by atoms with van der Waals surface area (Å²) in [4.78, 5) is 10.0. The molecule has 0 amide bonds. The van der Waals surface area contributed by atoms with Crippen molar-refractivity contribution < 1.29 is 0 Å². The maximum Gasteiger partial charge on any atom is 0.188 e. The highest BCUT2D eigenvalue weighted by atomic mass is 15.3. The van der Waals surface area contributed by atoms with E-state index < -0.39 is 0 Å². The van der Waals surface area contributed by atoms with Crippen molar-refractivity contribution in [3.63, 3.8) is 0 Å². The molecule has 5 heteroatoms. The number of nitrogens with two attached hydrogens (primary N) is 1. The Kier molecular flexibility index (Phi) is 6.39. The predicted octanol–water partition coefficient (Wildman–Crippen LogP) is 2.17. The lowest BCUT2D eigenvalue weighted by molar-refractivity contribution is 0.0208. The van der Waals surface area contributed by atoms with Crippen molar-refractivity contribution in [1.82, 2.24) is 15.1 Å². The third-order valence-corrected chi connectivity index (χ3v) is 6.45. The number of hydrogen-bond donors (Lipinski definition) is 2. The lowest BCUT2D eigenvalue weighted by Gasteiger charge is -2.49. The van der Waals surface area contributed by atoms with E-state index in [0.29, 0.717) is 12.0 Å². The van der Waals surface area contributed by atoms with Gasteiger partial charge in [0.05, 0.1) is 6.54 Å². The Labute approximate surface area is 148 Å². The second kappa shape index (κ2) is 8.52. The molecule has 0 aromatic heterocycles. The molecule has 0 bridgehead atoms. The second-order valence-corrected chi connectivity index (χ2v) is 8.26. The monoisotopic (exact) mass is 335 g/mol. The van der Waals surface area contributed by atoms with Gasteiger partial charge in [0, 0.05) is 11.6 Å². The molecule has 2 saturated heterocycles. The Balaban J connectivity index is 1.61. The molecule has 0 aromatic rings. The highest BCUT2D eigenvalue weighted by molar-refractivity contribution is 5.78. The van der Waals surface area contributed by atoms with Crippen molar-refractivity contribution in [2.75, 3.05) is 39.8 Å². The minimum atomic E-state index is 0.242. The summed E-state index contributed by atoms with van der Waals surface area (Å²) < 4.78 is 0. The number of piperidine rings is 2. The van der Waals surface area contributed by atoms with Crippen LogP contribution in [0.15, 0.2) is 4.99 Å². The first-order valence-electron chi connectivity index (χ1n) is 10.2. The predicted molar refractivity (Wildman–Crippen MR) is 101 cm³/mol. The Morgan fingerprint density at radius 2 is 1.62 bits per heavy atom. The van der Waals surface area contributed by atoms with Gasteiger partial charge in [-0.2, -0.15) is 0 Å². The number of hydrogen-bond acceptors (Lipinski definition) is 3. The summed E-state index contributed by atoms with van der Waals surface area (Å²) in [6, 6.07) is 0.547. The van der Waals surface area contributed by atoms with Crippen LogP contribution in [-0.2, 0) is 0 Å². The molecule has 1 saturated carbocycles. The second-order valence-electron chi connectivity index (χ2n) is 8.26. The fraction of sp³-hybridized carbons (Fsp3) is 0.947. The fourth-order valence-corrected chi connectivity index (χ4v) is 4.71. The van der Waals surface area contributed by atoms with E-state index in [1.807, 2.05) is 0 Å². The van der Waals surface area contributed by atoms with Crippen molar-refractivity contribution in [3.8, 4) is 0 Å². The van der Waals surface area contributed by atoms with Crippen molar-refractivity contribution in [1.29, 1.82) is 0 Å². The normalized spacial score (nSPS) is 28.0. The molecule has 138 valence electrons. The van der Waals surface area contributed by atoms with Crippen molar-refractivity contribution in [2.24, 2.45) is 10.7 Å². The smallest absolute Gasteiger partial charge is 0.188 e. The molecule has 2 aliphatic heterocycles. The van der Waals surface area contributed by atoms with E-state index in [2.05, 4.69) is 22.2 Å². The van der Waals surface area contributed by atoms with Crippen molar-refractivity contribution in [3.05, 3.63) is 0 Å². The van der Waals surface area contributed by atoms with Crippen LogP contribution in [0, 0.1) is 0 Å². The van der Waals surface area contributed by atoms with Crippen LogP contribution >= 0.6 is 0 Å². The average molecular weight is 336 g/mol. The summed E-state index contributed by atoms with van der Waals surface area (Å²) in [5.74, 6) is 0.678. The van der Waals surface area contributed by atoms with E-state index in [1.165, 1.54) is 90.4 Å². The van der Waals surface area contributed by atoms with Crippen LogP contribution in [0.3, 0.4) is 0 Å². The van der Waals surface area contributed by atoms with E-state index in [4.69, 9.17) is 10.7 Å². The number of nitrogens with zero attached hydrogens (tertiary/aromatic N) is 3. The third kappa shape index (κ3) is 4.63. The lowest BCUT2D eigenvalue weighted by atomic mass is 9.84. The van der Waals surface area contributed by atoms with Crippen LogP contribution in [0.2, 0.25) is 0 Å². The molecule has 5 nitrogen and oxygen atoms in total. The Bertz CT molecular complexity index is 402. The molecule has 0 atom stereocenters. The molecule has 0 aromatic carbocycles. The summed E-state index contributed by atoms with van der Waals surface area (Å²) in [6.45, 7) is 5.72. The number of rotatable bonds is 4. The van der Waals surface area contributed by atoms with Gasteiger partial charge in [0.15, 0.2) is 5.96 Å². The van der Waals surface area contributed by atoms with Crippen LogP contribution in [-0.4, -0.2) is 67.1 Å². The maximum atomic E-state index is 6.25. The molecule has 3 N–H and O–H groups in total. The Morgan fingerprint density at radius 1 is 1.00 bits per heavy atom. The Morgan fingerprint density at radius 3 is 2.29 bits per heavy atom. The molecule has 2 heterocycles. The van der Waals surface area contributed by atoms with Gasteiger partial charge in [-0.25, -0.2) is 0 Å². The van der Waals surface area contributed by atoms with Crippen molar-refractivity contribution >= 4 is 5.96 Å². The van der Waals surface area contributed by atoms with Crippen LogP contribution in [0.25, 0.3) is 0 Å². The Hall–Kier alpha value is -0.810. The standard InChI is InChI=1S/C19H37N5/c1-23-14-10-19(11-15-23,24-12-6-3-7-13-24)16-21-18(20)22-17-8-4-2-5-9-17/h17H,2-16H2,1H3,(H3,20,21,22). The zero-order chi connectivity index (χ0) is 16.8. The molecule has 24 heavy (non-hydrogen) atoms. The average Bonchev–Trinajstić information content (AvgIpc) is 2.63. The van der Waals surface area contributed by atoms with Gasteiger partial charge < -0.3 is 16.0 Å². The van der Waals surface area contributed by atoms with Gasteiger partial charge in [0.1, 0.15) is 0 Å². The minimum absolute atomic E-state index is 0.242. The molecule has 3 rings (SSSR count). The molecule has 0 radical (unpaired) electrons. The van der Waals surface area contributed by atoms with Gasteiger partial charge in [0.2, 0.25) is 0 Å². The highest BCUT2D eigenvalue weighted by Crippen LogP contribution is 2.31. The zero-order valence-electron chi connectivity index (χ0n) is 15.6. The summed E-state index contributed by atoms with van der Waals surface area (Å²) >= 11 is 0. The van der Waals surface area contributed by atoms with Crippen LogP contribution in [0.5, 0.6) is 0 Å². The first kappa shape index (κ1) is 18.0. The summed E-state index contributed by atoms with van der Waals surface area (Å²) in [5, 5.41) is 3.49. The molecule has 1 aliphatic carbocycles. The van der Waals surface area contributed by atoms with E-state index in [9.17, 15) is 0 Å². The van der Waals surface area contributed by atoms with Gasteiger partial charge in [0.25, 0.3) is 0 Å². The zero-order valence-corrected chi connectivity index (χ0v) is 15.6. The number of likely N-dealkylation sites (tertiary alicyclic amines) is 2. The first-order valence-corrected chi connectivity index (χ1v) is 10.2. The maximum absolute atomic E-state index is 6.25. The van der Waals surface area contributed by atoms with Crippen molar-refractivity contribution in [2.45, 2.75) is 75.8 Å². The third-order valence-electron chi connectivity index (χ3n) is 6.45. The summed E-state index contributed by atoms with van der Waals surface area (Å²) in [7, 11) is 2.24. The van der Waals surface area contributed by atoms with Crippen LogP contribution in [0.4, 0.5) is 0 Å². The molecule has 3 aliphatic rings. The molecular formula is C19H37N5. The van der Waals surface area contributed by atoms with Crippen LogP contribution < -0.4 is 11.1 Å². The number of guanidine groups is 1. The van der Waals surface area contributed by atoms with E-state index in [-0.39, 0.29) is 5.54 Å². The highest BCUT2D eigenvalue weighted by Gasteiger charge is 2.39. The quantitative estimate of drug-likeness (QED) is 0.611. The SMILES string of the molecule is CN1CCC(CN=C(N)NC2CCCCC2)(N2CCCCC2)CC1. The molecule has 0 spiro atoms.